The summed E-state index contributed by atoms with van der Waals surface area (Å²) in [7, 11) is 1.43. The van der Waals surface area contributed by atoms with E-state index < -0.39 is 5.41 Å². The second-order valence-electron chi connectivity index (χ2n) is 7.97. The highest BCUT2D eigenvalue weighted by Crippen LogP contribution is 2.35. The van der Waals surface area contributed by atoms with Gasteiger partial charge in [0, 0.05) is 19.6 Å². The van der Waals surface area contributed by atoms with Gasteiger partial charge in [-0.15, -0.1) is 0 Å². The van der Waals surface area contributed by atoms with Crippen molar-refractivity contribution in [1.29, 1.82) is 0 Å². The van der Waals surface area contributed by atoms with Crippen LogP contribution < -0.4 is 4.90 Å². The molecule has 1 atom stereocenters. The first-order chi connectivity index (χ1) is 13.0. The number of aromatic nitrogens is 4. The fourth-order valence-corrected chi connectivity index (χ4v) is 4.03. The Kier molecular flexibility index (Phi) is 4.51. The topological polar surface area (TPSA) is 103 Å². The Morgan fingerprint density at radius 2 is 2.19 bits per heavy atom. The molecule has 4 rings (SSSR count). The van der Waals surface area contributed by atoms with E-state index >= 15 is 0 Å². The van der Waals surface area contributed by atoms with Gasteiger partial charge in [-0.2, -0.15) is 0 Å². The number of aliphatic hydroxyl groups is 1. The third-order valence-corrected chi connectivity index (χ3v) is 5.71. The van der Waals surface area contributed by atoms with Gasteiger partial charge in [-0.25, -0.2) is 15.0 Å². The maximum absolute atomic E-state index is 12.2. The smallest absolute Gasteiger partial charge is 0.313 e. The normalized spacial score (nSPS) is 24.6. The predicted molar refractivity (Wildman–Crippen MR) is 97.2 cm³/mol. The van der Waals surface area contributed by atoms with Gasteiger partial charge in [-0.05, 0) is 19.8 Å². The van der Waals surface area contributed by atoms with E-state index in [4.69, 9.17) is 9.47 Å². The molecule has 2 aliphatic heterocycles. The minimum Gasteiger partial charge on any atom is -0.469 e. The summed E-state index contributed by atoms with van der Waals surface area (Å²) in [4.78, 5) is 27.7. The summed E-state index contributed by atoms with van der Waals surface area (Å²) in [5, 5.41) is 9.70. The van der Waals surface area contributed by atoms with Crippen molar-refractivity contribution < 1.29 is 19.4 Å². The fraction of sp³-hybridized carbons (Fsp3) is 0.667. The van der Waals surface area contributed by atoms with Crippen molar-refractivity contribution in [3.05, 3.63) is 12.7 Å². The van der Waals surface area contributed by atoms with Crippen LogP contribution in [0, 0.1) is 10.8 Å². The third kappa shape index (κ3) is 3.04. The van der Waals surface area contributed by atoms with Crippen LogP contribution in [0.25, 0.3) is 11.2 Å². The highest BCUT2D eigenvalue weighted by molar-refractivity contribution is 5.84. The third-order valence-electron chi connectivity index (χ3n) is 5.71. The van der Waals surface area contributed by atoms with Gasteiger partial charge >= 0.3 is 5.97 Å². The SMILES string of the molecule is COC(=O)C1(C)CCCN(c2ncnc3c2ncn3CC2(CO)COC2)C1. The number of aliphatic hydroxyl groups excluding tert-OH is 1. The highest BCUT2D eigenvalue weighted by atomic mass is 16.5. The van der Waals surface area contributed by atoms with Gasteiger partial charge in [0.05, 0.1) is 44.1 Å². The molecule has 0 saturated carbocycles. The molecular weight excluding hydrogens is 350 g/mol. The van der Waals surface area contributed by atoms with Gasteiger partial charge in [-0.1, -0.05) is 0 Å². The first kappa shape index (κ1) is 18.1. The second kappa shape index (κ2) is 6.72. The van der Waals surface area contributed by atoms with Crippen LogP contribution in [0.5, 0.6) is 0 Å². The molecule has 0 aromatic carbocycles. The van der Waals surface area contributed by atoms with Gasteiger partial charge in [0.1, 0.15) is 6.33 Å². The van der Waals surface area contributed by atoms with E-state index in [-0.39, 0.29) is 18.0 Å². The average molecular weight is 375 g/mol. The zero-order chi connectivity index (χ0) is 19.1. The minimum atomic E-state index is -0.558. The number of ether oxygens (including phenoxy) is 2. The molecule has 27 heavy (non-hydrogen) atoms. The molecule has 2 aromatic heterocycles. The second-order valence-corrected chi connectivity index (χ2v) is 7.97. The number of carbonyl (C=O) groups is 1. The van der Waals surface area contributed by atoms with E-state index in [1.54, 1.807) is 6.33 Å². The Hall–Kier alpha value is -2.26. The van der Waals surface area contributed by atoms with Crippen LogP contribution in [0.1, 0.15) is 19.8 Å². The minimum absolute atomic E-state index is 0.0637. The van der Waals surface area contributed by atoms with Crippen LogP contribution >= 0.6 is 0 Å². The summed E-state index contributed by atoms with van der Waals surface area (Å²) in [6.07, 6.45) is 4.94. The van der Waals surface area contributed by atoms with E-state index in [1.807, 2.05) is 11.5 Å². The molecule has 1 N–H and O–H groups in total. The zero-order valence-electron chi connectivity index (χ0n) is 15.7. The van der Waals surface area contributed by atoms with Crippen LogP contribution in [0.4, 0.5) is 5.82 Å². The summed E-state index contributed by atoms with van der Waals surface area (Å²) < 4.78 is 12.2. The van der Waals surface area contributed by atoms with Gasteiger partial charge in [-0.3, -0.25) is 4.79 Å². The van der Waals surface area contributed by atoms with E-state index in [2.05, 4.69) is 19.9 Å². The Balaban J connectivity index is 1.64. The number of anilines is 1. The molecule has 9 nitrogen and oxygen atoms in total. The summed E-state index contributed by atoms with van der Waals surface area (Å²) in [5.74, 6) is 0.536. The largest absolute Gasteiger partial charge is 0.469 e. The number of nitrogens with zero attached hydrogens (tertiary/aromatic N) is 5. The van der Waals surface area contributed by atoms with Gasteiger partial charge in [0.15, 0.2) is 17.0 Å². The van der Waals surface area contributed by atoms with Crippen molar-refractivity contribution in [2.45, 2.75) is 26.3 Å². The molecule has 9 heteroatoms. The monoisotopic (exact) mass is 375 g/mol. The molecule has 0 radical (unpaired) electrons. The summed E-state index contributed by atoms with van der Waals surface area (Å²) in [5.41, 5.74) is 0.606. The molecule has 2 aromatic rings. The molecule has 2 fully saturated rings. The molecule has 146 valence electrons. The quantitative estimate of drug-likeness (QED) is 0.759. The van der Waals surface area contributed by atoms with Crippen LogP contribution in [0.2, 0.25) is 0 Å². The number of fused-ring (bicyclic) bond motifs is 1. The van der Waals surface area contributed by atoms with Crippen molar-refractivity contribution in [1.82, 2.24) is 19.5 Å². The first-order valence-electron chi connectivity index (χ1n) is 9.18. The van der Waals surface area contributed by atoms with Crippen LogP contribution in [0.15, 0.2) is 12.7 Å². The van der Waals surface area contributed by atoms with E-state index in [1.165, 1.54) is 13.4 Å². The van der Waals surface area contributed by atoms with Gasteiger partial charge in [0.2, 0.25) is 0 Å². The van der Waals surface area contributed by atoms with Crippen LogP contribution in [-0.4, -0.2) is 70.6 Å². The van der Waals surface area contributed by atoms with Crippen molar-refractivity contribution in [2.24, 2.45) is 10.8 Å². The molecule has 2 aliphatic rings. The lowest BCUT2D eigenvalue weighted by Gasteiger charge is -2.40. The molecule has 4 heterocycles. The lowest BCUT2D eigenvalue weighted by Crippen LogP contribution is -2.48. The van der Waals surface area contributed by atoms with Gasteiger partial charge in [0.25, 0.3) is 0 Å². The Labute approximate surface area is 157 Å². The molecule has 0 amide bonds. The highest BCUT2D eigenvalue weighted by Gasteiger charge is 2.41. The molecule has 2 saturated heterocycles. The summed E-state index contributed by atoms with van der Waals surface area (Å²) >= 11 is 0. The lowest BCUT2D eigenvalue weighted by atomic mass is 9.82. The van der Waals surface area contributed by atoms with E-state index in [0.29, 0.717) is 31.8 Å². The summed E-state index contributed by atoms with van der Waals surface area (Å²) in [6, 6.07) is 0. The van der Waals surface area contributed by atoms with Gasteiger partial charge < -0.3 is 24.0 Å². The average Bonchev–Trinajstić information content (AvgIpc) is 3.06. The lowest BCUT2D eigenvalue weighted by molar-refractivity contribution is -0.152. The number of imidazole rings is 1. The number of hydrogen-bond donors (Lipinski definition) is 1. The van der Waals surface area contributed by atoms with Crippen molar-refractivity contribution >= 4 is 23.0 Å². The number of piperidine rings is 1. The number of hydrogen-bond acceptors (Lipinski definition) is 8. The van der Waals surface area contributed by atoms with Crippen molar-refractivity contribution in [3.8, 4) is 0 Å². The Morgan fingerprint density at radius 1 is 1.37 bits per heavy atom. The number of methoxy groups -OCH3 is 1. The van der Waals surface area contributed by atoms with Crippen molar-refractivity contribution in [3.63, 3.8) is 0 Å². The Morgan fingerprint density at radius 3 is 2.85 bits per heavy atom. The van der Waals surface area contributed by atoms with Crippen LogP contribution in [0.3, 0.4) is 0 Å². The maximum atomic E-state index is 12.2. The summed E-state index contributed by atoms with van der Waals surface area (Å²) in [6.45, 7) is 5.00. The molecule has 0 spiro atoms. The Bertz CT molecular complexity index is 844. The van der Waals surface area contributed by atoms with E-state index in [0.717, 1.165) is 30.9 Å². The fourth-order valence-electron chi connectivity index (χ4n) is 4.03. The van der Waals surface area contributed by atoms with Crippen molar-refractivity contribution in [2.75, 3.05) is 44.9 Å². The standard InChI is InChI=1S/C18H25N5O4/c1-17(16(25)26-2)4-3-5-22(6-17)14-13-15(20-11-19-14)23(12-21-13)7-18(8-24)9-27-10-18/h11-12,24H,3-10H2,1-2H3. The molecule has 0 bridgehead atoms. The number of rotatable bonds is 5. The maximum Gasteiger partial charge on any atom is 0.313 e. The first-order valence-corrected chi connectivity index (χ1v) is 9.18. The number of carbonyl (C=O) groups excluding carboxylic acids is 1. The van der Waals surface area contributed by atoms with Crippen LogP contribution in [-0.2, 0) is 20.8 Å². The molecule has 0 aliphatic carbocycles. The molecule has 1 unspecified atom stereocenters. The predicted octanol–water partition coefficient (Wildman–Crippen LogP) is 0.615. The number of esters is 1. The van der Waals surface area contributed by atoms with E-state index in [9.17, 15) is 9.90 Å². The molecular formula is C18H25N5O4. The zero-order valence-corrected chi connectivity index (χ0v) is 15.7.